The number of rotatable bonds is 3. The Hall–Kier alpha value is -3.60. The number of carbonyl (C=O) groups is 1. The van der Waals surface area contributed by atoms with E-state index in [0.717, 1.165) is 10.9 Å². The topological polar surface area (TPSA) is 59.8 Å². The standard InChI is InChI=1S/C19H13F3N4O/c1-3-13-9-8-12(10-23-13)14-6-4-5-7-16(14)24-18(27)15-11-26(2)25-17(15)19(20,21)22/h1,4-11H,2H3,(H,24,27). The number of hydrogen-bond donors (Lipinski definition) is 1. The molecule has 2 aromatic heterocycles. The second-order valence-electron chi connectivity index (χ2n) is 5.64. The summed E-state index contributed by atoms with van der Waals surface area (Å²) >= 11 is 0. The first kappa shape index (κ1) is 18.2. The molecule has 0 saturated heterocycles. The van der Waals surface area contributed by atoms with Crippen LogP contribution in [0.5, 0.6) is 0 Å². The minimum absolute atomic E-state index is 0.342. The SMILES string of the molecule is C#Cc1ccc(-c2ccccc2NC(=O)c2cn(C)nc2C(F)(F)F)cn1. The van der Waals surface area contributed by atoms with Crippen LogP contribution in [0.3, 0.4) is 0 Å². The predicted octanol–water partition coefficient (Wildman–Crippen LogP) is 3.73. The molecule has 1 aromatic carbocycles. The van der Waals surface area contributed by atoms with Crippen LogP contribution in [0.2, 0.25) is 0 Å². The van der Waals surface area contributed by atoms with Crippen LogP contribution in [0.4, 0.5) is 18.9 Å². The van der Waals surface area contributed by atoms with E-state index in [9.17, 15) is 18.0 Å². The van der Waals surface area contributed by atoms with Gasteiger partial charge < -0.3 is 5.32 Å². The number of aryl methyl sites for hydroxylation is 1. The maximum absolute atomic E-state index is 13.1. The summed E-state index contributed by atoms with van der Waals surface area (Å²) in [6, 6.07) is 10.1. The molecular weight excluding hydrogens is 357 g/mol. The average Bonchev–Trinajstić information content (AvgIpc) is 3.05. The number of aromatic nitrogens is 3. The fraction of sp³-hybridized carbons (Fsp3) is 0.105. The number of amides is 1. The third-order valence-corrected chi connectivity index (χ3v) is 3.74. The molecule has 1 N–H and O–H groups in total. The van der Waals surface area contributed by atoms with E-state index in [1.165, 1.54) is 13.2 Å². The zero-order chi connectivity index (χ0) is 19.6. The lowest BCUT2D eigenvalue weighted by Gasteiger charge is -2.12. The van der Waals surface area contributed by atoms with E-state index in [2.05, 4.69) is 21.3 Å². The van der Waals surface area contributed by atoms with Crippen molar-refractivity contribution < 1.29 is 18.0 Å². The molecule has 0 bridgehead atoms. The number of pyridine rings is 1. The number of alkyl halides is 3. The number of anilines is 1. The summed E-state index contributed by atoms with van der Waals surface area (Å²) in [5, 5.41) is 5.87. The molecule has 5 nitrogen and oxygen atoms in total. The summed E-state index contributed by atoms with van der Waals surface area (Å²) in [4.78, 5) is 16.6. The van der Waals surface area contributed by atoms with E-state index in [0.29, 0.717) is 22.5 Å². The first-order chi connectivity index (χ1) is 12.8. The van der Waals surface area contributed by atoms with E-state index < -0.39 is 23.3 Å². The maximum Gasteiger partial charge on any atom is 0.435 e. The highest BCUT2D eigenvalue weighted by Gasteiger charge is 2.39. The summed E-state index contributed by atoms with van der Waals surface area (Å²) in [5.41, 5.74) is 0.257. The van der Waals surface area contributed by atoms with Crippen molar-refractivity contribution in [2.24, 2.45) is 7.05 Å². The first-order valence-electron chi connectivity index (χ1n) is 7.74. The second-order valence-corrected chi connectivity index (χ2v) is 5.64. The highest BCUT2D eigenvalue weighted by molar-refractivity contribution is 6.07. The molecule has 0 saturated carbocycles. The van der Waals surface area contributed by atoms with Crippen molar-refractivity contribution >= 4 is 11.6 Å². The van der Waals surface area contributed by atoms with Gasteiger partial charge in [0, 0.05) is 36.3 Å². The largest absolute Gasteiger partial charge is 0.435 e. The summed E-state index contributed by atoms with van der Waals surface area (Å²) in [6.07, 6.45) is 3.11. The molecule has 0 radical (unpaired) electrons. The zero-order valence-electron chi connectivity index (χ0n) is 14.1. The van der Waals surface area contributed by atoms with Crippen LogP contribution in [0.1, 0.15) is 21.7 Å². The van der Waals surface area contributed by atoms with Gasteiger partial charge in [-0.15, -0.1) is 6.42 Å². The van der Waals surface area contributed by atoms with Gasteiger partial charge in [0.1, 0.15) is 5.69 Å². The Kier molecular flexibility index (Phi) is 4.69. The number of halogens is 3. The van der Waals surface area contributed by atoms with E-state index in [-0.39, 0.29) is 0 Å². The van der Waals surface area contributed by atoms with E-state index >= 15 is 0 Å². The Morgan fingerprint density at radius 3 is 2.59 bits per heavy atom. The van der Waals surface area contributed by atoms with Gasteiger partial charge in [-0.2, -0.15) is 18.3 Å². The Bertz CT molecular complexity index is 1030. The molecule has 0 atom stereocenters. The normalized spacial score (nSPS) is 11.1. The molecule has 0 fully saturated rings. The average molecular weight is 370 g/mol. The number of terminal acetylenes is 1. The fourth-order valence-corrected chi connectivity index (χ4v) is 2.54. The summed E-state index contributed by atoms with van der Waals surface area (Å²) in [5.74, 6) is 1.49. The highest BCUT2D eigenvalue weighted by atomic mass is 19.4. The van der Waals surface area contributed by atoms with Gasteiger partial charge in [-0.05, 0) is 18.2 Å². The van der Waals surface area contributed by atoms with Crippen LogP contribution >= 0.6 is 0 Å². The molecule has 0 aliphatic carbocycles. The number of nitrogens with one attached hydrogen (secondary N) is 1. The van der Waals surface area contributed by atoms with Crippen molar-refractivity contribution in [3.8, 4) is 23.5 Å². The van der Waals surface area contributed by atoms with Crippen molar-refractivity contribution in [3.63, 3.8) is 0 Å². The van der Waals surface area contributed by atoms with Crippen molar-refractivity contribution in [3.05, 3.63) is 65.7 Å². The molecule has 1 amide bonds. The minimum atomic E-state index is -4.73. The lowest BCUT2D eigenvalue weighted by Crippen LogP contribution is -2.18. The smallest absolute Gasteiger partial charge is 0.321 e. The van der Waals surface area contributed by atoms with Gasteiger partial charge in [0.15, 0.2) is 5.69 Å². The third-order valence-electron chi connectivity index (χ3n) is 3.74. The molecule has 136 valence electrons. The van der Waals surface area contributed by atoms with Crippen molar-refractivity contribution in [1.29, 1.82) is 0 Å². The first-order valence-corrected chi connectivity index (χ1v) is 7.74. The lowest BCUT2D eigenvalue weighted by molar-refractivity contribution is -0.141. The zero-order valence-corrected chi connectivity index (χ0v) is 14.1. The van der Waals surface area contributed by atoms with Gasteiger partial charge in [0.05, 0.1) is 5.56 Å². The van der Waals surface area contributed by atoms with Crippen molar-refractivity contribution in [2.75, 3.05) is 5.32 Å². The summed E-state index contributed by atoms with van der Waals surface area (Å²) in [7, 11) is 1.32. The lowest BCUT2D eigenvalue weighted by atomic mass is 10.0. The van der Waals surface area contributed by atoms with E-state index in [4.69, 9.17) is 6.42 Å². The third kappa shape index (κ3) is 3.82. The number of carbonyl (C=O) groups excluding carboxylic acids is 1. The van der Waals surface area contributed by atoms with Gasteiger partial charge in [-0.3, -0.25) is 9.48 Å². The maximum atomic E-state index is 13.1. The van der Waals surface area contributed by atoms with Crippen LogP contribution in [0.15, 0.2) is 48.8 Å². The van der Waals surface area contributed by atoms with Crippen LogP contribution in [-0.4, -0.2) is 20.7 Å². The molecule has 0 unspecified atom stereocenters. The van der Waals surface area contributed by atoms with Gasteiger partial charge in [0.25, 0.3) is 5.91 Å². The summed E-state index contributed by atoms with van der Waals surface area (Å²) < 4.78 is 40.2. The molecule has 0 aliphatic heterocycles. The van der Waals surface area contributed by atoms with Crippen LogP contribution in [0, 0.1) is 12.3 Å². The van der Waals surface area contributed by atoms with Gasteiger partial charge >= 0.3 is 6.18 Å². The van der Waals surface area contributed by atoms with E-state index in [1.54, 1.807) is 36.4 Å². The van der Waals surface area contributed by atoms with E-state index in [1.807, 2.05) is 0 Å². The Morgan fingerprint density at radius 1 is 1.22 bits per heavy atom. The van der Waals surface area contributed by atoms with Crippen LogP contribution in [-0.2, 0) is 13.2 Å². The van der Waals surface area contributed by atoms with Crippen LogP contribution in [0.25, 0.3) is 11.1 Å². The molecule has 2 heterocycles. The van der Waals surface area contributed by atoms with Gasteiger partial charge in [0.2, 0.25) is 0 Å². The molecule has 3 aromatic rings. The number of para-hydroxylation sites is 1. The van der Waals surface area contributed by atoms with Crippen molar-refractivity contribution in [2.45, 2.75) is 6.18 Å². The molecular formula is C19H13F3N4O. The van der Waals surface area contributed by atoms with Crippen molar-refractivity contribution in [1.82, 2.24) is 14.8 Å². The number of hydrogen-bond acceptors (Lipinski definition) is 3. The monoisotopic (exact) mass is 370 g/mol. The number of benzene rings is 1. The molecule has 0 aliphatic rings. The minimum Gasteiger partial charge on any atom is -0.321 e. The molecule has 8 heteroatoms. The molecule has 0 spiro atoms. The Morgan fingerprint density at radius 2 is 1.96 bits per heavy atom. The molecule has 27 heavy (non-hydrogen) atoms. The Labute approximate surface area is 152 Å². The number of nitrogens with zero attached hydrogens (tertiary/aromatic N) is 3. The molecule has 3 rings (SSSR count). The fourth-order valence-electron chi connectivity index (χ4n) is 2.54. The highest BCUT2D eigenvalue weighted by Crippen LogP contribution is 2.32. The predicted molar refractivity (Wildman–Crippen MR) is 93.8 cm³/mol. The van der Waals surface area contributed by atoms with Gasteiger partial charge in [-0.25, -0.2) is 4.98 Å². The summed E-state index contributed by atoms with van der Waals surface area (Å²) in [6.45, 7) is 0. The van der Waals surface area contributed by atoms with Gasteiger partial charge in [-0.1, -0.05) is 24.1 Å². The second kappa shape index (κ2) is 6.96. The quantitative estimate of drug-likeness (QED) is 0.715. The Balaban J connectivity index is 1.95. The van der Waals surface area contributed by atoms with Crippen LogP contribution < -0.4 is 5.32 Å².